The van der Waals surface area contributed by atoms with E-state index in [9.17, 15) is 9.59 Å². The molecule has 0 saturated heterocycles. The molecular formula is C21H21N7O2. The lowest BCUT2D eigenvalue weighted by atomic mass is 9.80. The van der Waals surface area contributed by atoms with Crippen molar-refractivity contribution in [1.82, 2.24) is 29.6 Å². The third kappa shape index (κ3) is 3.22. The van der Waals surface area contributed by atoms with Crippen LogP contribution < -0.4 is 10.7 Å². The Bertz CT molecular complexity index is 1320. The Hall–Kier alpha value is -3.62. The molecule has 0 radical (unpaired) electrons. The molecule has 9 nitrogen and oxygen atoms in total. The first-order valence-corrected chi connectivity index (χ1v) is 10.1. The van der Waals surface area contributed by atoms with Crippen LogP contribution in [0.4, 0.5) is 5.82 Å². The van der Waals surface area contributed by atoms with Crippen LogP contribution in [0.25, 0.3) is 16.6 Å². The average molecular weight is 403 g/mol. The number of fused-ring (bicyclic) bond motifs is 2. The SMILES string of the molecule is CCn1nc(CC(=O)Nc2ccc3nncn3n2)c(=O)c2ccc(C3CCC3)cc21. The van der Waals surface area contributed by atoms with Gasteiger partial charge < -0.3 is 5.32 Å². The van der Waals surface area contributed by atoms with E-state index >= 15 is 0 Å². The highest BCUT2D eigenvalue weighted by molar-refractivity contribution is 5.91. The Labute approximate surface area is 171 Å². The fourth-order valence-electron chi connectivity index (χ4n) is 3.84. The van der Waals surface area contributed by atoms with Gasteiger partial charge in [0.25, 0.3) is 0 Å². The molecule has 3 aromatic heterocycles. The Balaban J connectivity index is 1.43. The molecule has 0 atom stereocenters. The van der Waals surface area contributed by atoms with Crippen molar-refractivity contribution in [2.45, 2.75) is 45.1 Å². The molecule has 1 N–H and O–H groups in total. The number of hydrogen-bond acceptors (Lipinski definition) is 6. The van der Waals surface area contributed by atoms with E-state index in [2.05, 4.69) is 31.8 Å². The maximum absolute atomic E-state index is 13.0. The summed E-state index contributed by atoms with van der Waals surface area (Å²) in [6.45, 7) is 2.60. The predicted molar refractivity (Wildman–Crippen MR) is 111 cm³/mol. The zero-order valence-corrected chi connectivity index (χ0v) is 16.6. The van der Waals surface area contributed by atoms with Gasteiger partial charge in [0, 0.05) is 11.9 Å². The molecular weight excluding hydrogens is 382 g/mol. The zero-order chi connectivity index (χ0) is 20.7. The molecule has 1 aliphatic carbocycles. The minimum Gasteiger partial charge on any atom is -0.309 e. The van der Waals surface area contributed by atoms with Crippen LogP contribution in [0.2, 0.25) is 0 Å². The van der Waals surface area contributed by atoms with Crippen molar-refractivity contribution in [3.05, 3.63) is 58.1 Å². The van der Waals surface area contributed by atoms with Crippen LogP contribution in [-0.4, -0.2) is 35.5 Å². The second-order valence-corrected chi connectivity index (χ2v) is 7.57. The van der Waals surface area contributed by atoms with Crippen molar-refractivity contribution >= 4 is 28.3 Å². The summed E-state index contributed by atoms with van der Waals surface area (Å²) in [5.74, 6) is 0.581. The maximum atomic E-state index is 13.0. The van der Waals surface area contributed by atoms with Crippen molar-refractivity contribution < 1.29 is 4.79 Å². The summed E-state index contributed by atoms with van der Waals surface area (Å²) in [5, 5.41) is 19.6. The first-order chi connectivity index (χ1) is 14.6. The summed E-state index contributed by atoms with van der Waals surface area (Å²) in [5.41, 5.74) is 2.70. The first-order valence-electron chi connectivity index (χ1n) is 10.1. The topological polar surface area (TPSA) is 107 Å². The fourth-order valence-corrected chi connectivity index (χ4v) is 3.84. The molecule has 152 valence electrons. The summed E-state index contributed by atoms with van der Waals surface area (Å²) < 4.78 is 3.27. The standard InChI is InChI=1S/C21H21N7O2/c1-2-27-17-10-14(13-4-3-5-13)6-7-15(17)21(30)16(25-27)11-20(29)23-18-8-9-19-24-22-12-28(19)26-18/h6-10,12-13H,2-5,11H2,1H3,(H,23,26,29). The van der Waals surface area contributed by atoms with Crippen molar-refractivity contribution in [1.29, 1.82) is 0 Å². The number of benzene rings is 1. The lowest BCUT2D eigenvalue weighted by Gasteiger charge is -2.26. The molecule has 0 spiro atoms. The number of carbonyl (C=O) groups is 1. The van der Waals surface area contributed by atoms with Gasteiger partial charge >= 0.3 is 0 Å². The van der Waals surface area contributed by atoms with Gasteiger partial charge in [-0.3, -0.25) is 14.3 Å². The predicted octanol–water partition coefficient (Wildman–Crippen LogP) is 2.30. The number of aromatic nitrogens is 6. The summed E-state index contributed by atoms with van der Waals surface area (Å²) in [4.78, 5) is 25.6. The zero-order valence-electron chi connectivity index (χ0n) is 16.6. The van der Waals surface area contributed by atoms with Gasteiger partial charge in [0.05, 0.1) is 11.9 Å². The van der Waals surface area contributed by atoms with Crippen LogP contribution in [0.5, 0.6) is 0 Å². The minimum absolute atomic E-state index is 0.124. The number of nitrogens with one attached hydrogen (secondary N) is 1. The molecule has 1 aromatic carbocycles. The molecule has 30 heavy (non-hydrogen) atoms. The number of anilines is 1. The van der Waals surface area contributed by atoms with Crippen LogP contribution in [0.1, 0.15) is 43.4 Å². The van der Waals surface area contributed by atoms with Crippen LogP contribution in [0.3, 0.4) is 0 Å². The third-order valence-corrected chi connectivity index (χ3v) is 5.68. The molecule has 0 unspecified atom stereocenters. The van der Waals surface area contributed by atoms with E-state index in [1.54, 1.807) is 12.1 Å². The van der Waals surface area contributed by atoms with E-state index in [0.717, 1.165) is 5.52 Å². The van der Waals surface area contributed by atoms with E-state index in [-0.39, 0.29) is 23.5 Å². The van der Waals surface area contributed by atoms with Gasteiger partial charge in [0.1, 0.15) is 12.0 Å². The van der Waals surface area contributed by atoms with Gasteiger partial charge in [-0.15, -0.1) is 15.3 Å². The normalized spacial score (nSPS) is 14.2. The molecule has 9 heteroatoms. The van der Waals surface area contributed by atoms with Crippen molar-refractivity contribution in [3.8, 4) is 0 Å². The van der Waals surface area contributed by atoms with Gasteiger partial charge in [-0.05, 0) is 55.5 Å². The molecule has 1 amide bonds. The smallest absolute Gasteiger partial charge is 0.231 e. The number of carbonyl (C=O) groups excluding carboxylic acids is 1. The van der Waals surface area contributed by atoms with E-state index < -0.39 is 0 Å². The molecule has 1 saturated carbocycles. The summed E-state index contributed by atoms with van der Waals surface area (Å²) >= 11 is 0. The lowest BCUT2D eigenvalue weighted by molar-refractivity contribution is -0.115. The highest BCUT2D eigenvalue weighted by atomic mass is 16.2. The highest BCUT2D eigenvalue weighted by Crippen LogP contribution is 2.37. The van der Waals surface area contributed by atoms with Gasteiger partial charge in [-0.1, -0.05) is 12.5 Å². The van der Waals surface area contributed by atoms with E-state index in [1.165, 1.54) is 35.7 Å². The maximum Gasteiger partial charge on any atom is 0.231 e. The Kier molecular flexibility index (Phi) is 4.50. The lowest BCUT2D eigenvalue weighted by Crippen LogP contribution is -2.25. The first kappa shape index (κ1) is 18.4. The van der Waals surface area contributed by atoms with Gasteiger partial charge in [0.15, 0.2) is 11.5 Å². The summed E-state index contributed by atoms with van der Waals surface area (Å²) in [6.07, 6.45) is 4.98. The van der Waals surface area contributed by atoms with Crippen molar-refractivity contribution in [3.63, 3.8) is 0 Å². The van der Waals surface area contributed by atoms with E-state index in [0.29, 0.717) is 29.3 Å². The van der Waals surface area contributed by atoms with Gasteiger partial charge in [0.2, 0.25) is 11.3 Å². The van der Waals surface area contributed by atoms with Crippen LogP contribution in [-0.2, 0) is 17.8 Å². The largest absolute Gasteiger partial charge is 0.309 e. The third-order valence-electron chi connectivity index (χ3n) is 5.68. The second kappa shape index (κ2) is 7.33. The molecule has 0 aliphatic heterocycles. The average Bonchev–Trinajstić information content (AvgIpc) is 3.16. The Morgan fingerprint density at radius 3 is 2.83 bits per heavy atom. The van der Waals surface area contributed by atoms with Crippen LogP contribution in [0.15, 0.2) is 41.5 Å². The van der Waals surface area contributed by atoms with Crippen molar-refractivity contribution in [2.24, 2.45) is 0 Å². The highest BCUT2D eigenvalue weighted by Gasteiger charge is 2.21. The van der Waals surface area contributed by atoms with E-state index in [1.807, 2.05) is 23.7 Å². The van der Waals surface area contributed by atoms with Gasteiger partial charge in [-0.25, -0.2) is 0 Å². The summed E-state index contributed by atoms with van der Waals surface area (Å²) in [7, 11) is 0. The van der Waals surface area contributed by atoms with E-state index in [4.69, 9.17) is 0 Å². The van der Waals surface area contributed by atoms with Crippen LogP contribution in [0, 0.1) is 0 Å². The number of rotatable bonds is 5. The number of nitrogens with zero attached hydrogens (tertiary/aromatic N) is 6. The van der Waals surface area contributed by atoms with Crippen LogP contribution >= 0.6 is 0 Å². The molecule has 1 aliphatic rings. The Morgan fingerprint density at radius 2 is 2.07 bits per heavy atom. The fraction of sp³-hybridized carbons (Fsp3) is 0.333. The number of aryl methyl sites for hydroxylation is 1. The minimum atomic E-state index is -0.354. The number of hydrogen-bond donors (Lipinski definition) is 1. The molecule has 1 fully saturated rings. The van der Waals surface area contributed by atoms with Crippen molar-refractivity contribution in [2.75, 3.05) is 5.32 Å². The second-order valence-electron chi connectivity index (χ2n) is 7.57. The molecule has 5 rings (SSSR count). The number of amides is 1. The molecule has 4 aromatic rings. The molecule has 3 heterocycles. The quantitative estimate of drug-likeness (QED) is 0.548. The van der Waals surface area contributed by atoms with Gasteiger partial charge in [-0.2, -0.15) is 9.61 Å². The molecule has 0 bridgehead atoms. The summed E-state index contributed by atoms with van der Waals surface area (Å²) in [6, 6.07) is 9.34. The monoisotopic (exact) mass is 403 g/mol. The Morgan fingerprint density at radius 1 is 1.20 bits per heavy atom.